The quantitative estimate of drug-likeness (QED) is 0.403. The molecule has 2 aromatic carbocycles. The van der Waals surface area contributed by atoms with Gasteiger partial charge in [0.15, 0.2) is 0 Å². The number of carbonyl (C=O) groups excluding carboxylic acids is 2. The third kappa shape index (κ3) is 3.20. The van der Waals surface area contributed by atoms with E-state index in [4.69, 9.17) is 0 Å². The second kappa shape index (κ2) is 6.82. The highest BCUT2D eigenvalue weighted by Gasteiger charge is 2.49. The van der Waals surface area contributed by atoms with Gasteiger partial charge in [0.2, 0.25) is 0 Å². The van der Waals surface area contributed by atoms with E-state index in [2.05, 4.69) is 15.5 Å². The van der Waals surface area contributed by atoms with Gasteiger partial charge in [-0.15, -0.1) is 0 Å². The van der Waals surface area contributed by atoms with E-state index in [1.165, 1.54) is 36.1 Å². The van der Waals surface area contributed by atoms with E-state index < -0.39 is 22.4 Å². The zero-order valence-corrected chi connectivity index (χ0v) is 15.3. The number of hydrogen-bond acceptors (Lipinski definition) is 6. The van der Waals surface area contributed by atoms with E-state index in [1.54, 1.807) is 6.07 Å². The van der Waals surface area contributed by atoms with Crippen LogP contribution in [0, 0.1) is 10.1 Å². The van der Waals surface area contributed by atoms with Crippen LogP contribution in [0.1, 0.15) is 18.2 Å². The van der Waals surface area contributed by atoms with Gasteiger partial charge in [0.1, 0.15) is 11.2 Å². The highest BCUT2D eigenvalue weighted by Crippen LogP contribution is 2.31. The number of rotatable bonds is 5. The minimum Gasteiger partial charge on any atom is -0.319 e. The predicted molar refractivity (Wildman–Crippen MR) is 101 cm³/mol. The van der Waals surface area contributed by atoms with Crippen molar-refractivity contribution in [2.75, 3.05) is 0 Å². The Kier molecular flexibility index (Phi) is 4.30. The molecule has 10 nitrogen and oxygen atoms in total. The summed E-state index contributed by atoms with van der Waals surface area (Å²) in [5.74, 6) is -0.516. The molecule has 0 aliphatic carbocycles. The second-order valence-corrected chi connectivity index (χ2v) is 6.71. The Labute approximate surface area is 164 Å². The van der Waals surface area contributed by atoms with Crippen molar-refractivity contribution < 1.29 is 14.5 Å². The number of nitro benzene ring substituents is 1. The molecule has 10 heteroatoms. The molecule has 1 aliphatic rings. The van der Waals surface area contributed by atoms with Crippen LogP contribution in [0.4, 0.5) is 10.5 Å². The topological polar surface area (TPSA) is 123 Å². The van der Waals surface area contributed by atoms with E-state index in [-0.39, 0.29) is 12.2 Å². The zero-order chi connectivity index (χ0) is 20.6. The van der Waals surface area contributed by atoms with Crippen molar-refractivity contribution in [3.8, 4) is 5.69 Å². The summed E-state index contributed by atoms with van der Waals surface area (Å²) in [6.07, 6.45) is 1.48. The zero-order valence-electron chi connectivity index (χ0n) is 15.3. The number of aromatic nitrogens is 3. The van der Waals surface area contributed by atoms with E-state index in [0.717, 1.165) is 10.6 Å². The lowest BCUT2D eigenvalue weighted by molar-refractivity contribution is -0.385. The average molecular weight is 392 g/mol. The number of non-ortho nitro benzene ring substituents is 1. The molecular formula is C19H16N6O4. The molecule has 0 radical (unpaired) electrons. The van der Waals surface area contributed by atoms with Crippen LogP contribution in [0.25, 0.3) is 5.69 Å². The lowest BCUT2D eigenvalue weighted by atomic mass is 9.91. The van der Waals surface area contributed by atoms with Crippen molar-refractivity contribution in [1.29, 1.82) is 0 Å². The summed E-state index contributed by atoms with van der Waals surface area (Å²) in [7, 11) is 0. The van der Waals surface area contributed by atoms with Crippen LogP contribution in [0.5, 0.6) is 0 Å². The van der Waals surface area contributed by atoms with Crippen LogP contribution in [-0.2, 0) is 16.9 Å². The first-order valence-electron chi connectivity index (χ1n) is 8.74. The van der Waals surface area contributed by atoms with Gasteiger partial charge in [-0.25, -0.2) is 4.79 Å². The third-order valence-electron chi connectivity index (χ3n) is 4.76. The number of benzene rings is 2. The fourth-order valence-electron chi connectivity index (χ4n) is 3.18. The molecule has 0 spiro atoms. The largest absolute Gasteiger partial charge is 0.325 e. The number of imide groups is 1. The minimum absolute atomic E-state index is 0.0674. The van der Waals surface area contributed by atoms with Gasteiger partial charge in [-0.2, -0.15) is 15.0 Å². The van der Waals surface area contributed by atoms with Gasteiger partial charge in [-0.1, -0.05) is 30.3 Å². The van der Waals surface area contributed by atoms with E-state index >= 15 is 0 Å². The Bertz CT molecular complexity index is 1110. The van der Waals surface area contributed by atoms with Crippen molar-refractivity contribution >= 4 is 17.6 Å². The van der Waals surface area contributed by atoms with Crippen LogP contribution in [0.15, 0.2) is 60.8 Å². The fourth-order valence-corrected chi connectivity index (χ4v) is 3.18. The van der Waals surface area contributed by atoms with E-state index in [9.17, 15) is 19.7 Å². The molecule has 3 amide bonds. The first kappa shape index (κ1) is 18.3. The maximum atomic E-state index is 13.0. The molecule has 146 valence electrons. The van der Waals surface area contributed by atoms with Crippen molar-refractivity contribution in [1.82, 2.24) is 25.2 Å². The van der Waals surface area contributed by atoms with Crippen LogP contribution in [0.2, 0.25) is 0 Å². The Morgan fingerprint density at radius 1 is 1.14 bits per heavy atom. The van der Waals surface area contributed by atoms with Gasteiger partial charge in [-0.3, -0.25) is 19.8 Å². The summed E-state index contributed by atoms with van der Waals surface area (Å²) in [4.78, 5) is 38.4. The maximum absolute atomic E-state index is 13.0. The number of hydrogen-bond donors (Lipinski definition) is 1. The van der Waals surface area contributed by atoms with Gasteiger partial charge in [0.05, 0.1) is 23.4 Å². The molecule has 1 fully saturated rings. The first-order chi connectivity index (χ1) is 13.9. The number of nitro groups is 1. The lowest BCUT2D eigenvalue weighted by Gasteiger charge is -2.21. The smallest absolute Gasteiger partial charge is 0.319 e. The number of para-hydroxylation sites is 1. The number of nitrogens with one attached hydrogen (secondary N) is 1. The first-order valence-corrected chi connectivity index (χ1v) is 8.74. The molecule has 1 unspecified atom stereocenters. The summed E-state index contributed by atoms with van der Waals surface area (Å²) in [6.45, 7) is 1.45. The van der Waals surface area contributed by atoms with Crippen molar-refractivity contribution in [3.63, 3.8) is 0 Å². The normalized spacial score (nSPS) is 18.7. The van der Waals surface area contributed by atoms with Crippen molar-refractivity contribution in [3.05, 3.63) is 82.2 Å². The highest BCUT2D eigenvalue weighted by molar-refractivity contribution is 6.07. The fraction of sp³-hybridized carbons (Fsp3) is 0.158. The molecule has 1 aromatic heterocycles. The molecule has 29 heavy (non-hydrogen) atoms. The average Bonchev–Trinajstić information content (AvgIpc) is 3.28. The van der Waals surface area contributed by atoms with Crippen LogP contribution < -0.4 is 5.32 Å². The summed E-state index contributed by atoms with van der Waals surface area (Å²) in [6, 6.07) is 14.3. The summed E-state index contributed by atoms with van der Waals surface area (Å²) >= 11 is 0. The van der Waals surface area contributed by atoms with Crippen molar-refractivity contribution in [2.45, 2.75) is 19.0 Å². The molecule has 1 saturated heterocycles. The van der Waals surface area contributed by atoms with E-state index in [0.29, 0.717) is 11.3 Å². The number of nitrogens with zero attached hydrogens (tertiary/aromatic N) is 5. The summed E-state index contributed by atoms with van der Waals surface area (Å²) < 4.78 is 0. The number of urea groups is 1. The van der Waals surface area contributed by atoms with Gasteiger partial charge < -0.3 is 5.32 Å². The molecule has 4 rings (SSSR count). The Balaban J connectivity index is 1.58. The lowest BCUT2D eigenvalue weighted by Crippen LogP contribution is -2.40. The molecule has 0 saturated carbocycles. The van der Waals surface area contributed by atoms with Crippen LogP contribution in [0.3, 0.4) is 0 Å². The standard InChI is InChI=1S/C19H16N6O4/c1-19(13-6-5-9-16(10-13)25(28)29)17(26)23(18(27)21-19)12-14-11-20-24(22-14)15-7-3-2-4-8-15/h2-11H,12H2,1H3,(H,21,27). The SMILES string of the molecule is CC1(c2cccc([N+](=O)[O-])c2)NC(=O)N(Cc2cnn(-c3ccccc3)n2)C1=O. The number of carbonyl (C=O) groups is 2. The van der Waals surface area contributed by atoms with Crippen LogP contribution >= 0.6 is 0 Å². The monoisotopic (exact) mass is 392 g/mol. The molecule has 3 aromatic rings. The minimum atomic E-state index is -1.40. The van der Waals surface area contributed by atoms with Gasteiger partial charge in [-0.05, 0) is 24.6 Å². The summed E-state index contributed by atoms with van der Waals surface area (Å²) in [5, 5.41) is 22.2. The van der Waals surface area contributed by atoms with Gasteiger partial charge in [0.25, 0.3) is 11.6 Å². The van der Waals surface area contributed by atoms with Crippen LogP contribution in [-0.4, -0.2) is 36.8 Å². The maximum Gasteiger partial charge on any atom is 0.325 e. The van der Waals surface area contributed by atoms with Crippen molar-refractivity contribution in [2.24, 2.45) is 0 Å². The second-order valence-electron chi connectivity index (χ2n) is 6.71. The third-order valence-corrected chi connectivity index (χ3v) is 4.76. The molecular weight excluding hydrogens is 376 g/mol. The van der Waals surface area contributed by atoms with Gasteiger partial charge in [0, 0.05) is 12.1 Å². The molecule has 2 heterocycles. The number of amides is 3. The van der Waals surface area contributed by atoms with Gasteiger partial charge >= 0.3 is 6.03 Å². The molecule has 1 atom stereocenters. The van der Waals surface area contributed by atoms with E-state index in [1.807, 2.05) is 30.3 Å². The summed E-state index contributed by atoms with van der Waals surface area (Å²) in [5.41, 5.74) is -0.0491. The predicted octanol–water partition coefficient (Wildman–Crippen LogP) is 2.14. The molecule has 0 bridgehead atoms. The molecule has 1 aliphatic heterocycles. The Hall–Kier alpha value is -4.08. The highest BCUT2D eigenvalue weighted by atomic mass is 16.6. The Morgan fingerprint density at radius 3 is 2.62 bits per heavy atom. The Morgan fingerprint density at radius 2 is 1.90 bits per heavy atom. The molecule has 1 N–H and O–H groups in total.